The van der Waals surface area contributed by atoms with E-state index in [0.717, 1.165) is 5.56 Å². The summed E-state index contributed by atoms with van der Waals surface area (Å²) in [5, 5.41) is 0. The van der Waals surface area contributed by atoms with Crippen LogP contribution in [0.1, 0.15) is 22.8 Å². The number of Topliss-reactive ketones (excluding diaryl/α,β-unsaturated/α-hetero) is 1. The molecule has 1 aliphatic rings. The fraction of sp³-hybridized carbons (Fsp3) is 0.150. The van der Waals surface area contributed by atoms with E-state index < -0.39 is 6.04 Å². The van der Waals surface area contributed by atoms with E-state index in [9.17, 15) is 9.59 Å². The highest BCUT2D eigenvalue weighted by Crippen LogP contribution is 2.21. The van der Waals surface area contributed by atoms with E-state index in [1.54, 1.807) is 48.6 Å². The lowest BCUT2D eigenvalue weighted by Crippen LogP contribution is -2.38. The Morgan fingerprint density at radius 3 is 2.76 bits per heavy atom. The van der Waals surface area contributed by atoms with Gasteiger partial charge < -0.3 is 5.73 Å². The lowest BCUT2D eigenvalue weighted by Gasteiger charge is -2.17. The van der Waals surface area contributed by atoms with Crippen LogP contribution in [-0.2, 0) is 11.3 Å². The molecule has 0 bridgehead atoms. The quantitative estimate of drug-likeness (QED) is 0.615. The lowest BCUT2D eigenvalue weighted by molar-refractivity contribution is -0.126. The number of amides is 1. The monoisotopic (exact) mass is 335 g/mol. The van der Waals surface area contributed by atoms with Gasteiger partial charge in [-0.1, -0.05) is 61.7 Å². The third kappa shape index (κ3) is 4.20. The molecule has 2 N–H and O–H groups in total. The molecular formula is C20H21N3O2. The van der Waals surface area contributed by atoms with Crippen LogP contribution in [-0.4, -0.2) is 28.6 Å². The van der Waals surface area contributed by atoms with Crippen LogP contribution >= 0.6 is 0 Å². The van der Waals surface area contributed by atoms with E-state index in [-0.39, 0.29) is 24.2 Å². The van der Waals surface area contributed by atoms with Gasteiger partial charge in [0, 0.05) is 5.56 Å². The van der Waals surface area contributed by atoms with Gasteiger partial charge in [0.05, 0.1) is 6.54 Å². The number of guanidine groups is 1. The zero-order chi connectivity index (χ0) is 18.4. The van der Waals surface area contributed by atoms with Gasteiger partial charge in [-0.15, -0.1) is 0 Å². The van der Waals surface area contributed by atoms with Crippen molar-refractivity contribution >= 4 is 17.6 Å². The van der Waals surface area contributed by atoms with E-state index in [0.29, 0.717) is 11.1 Å². The molecular weight excluding hydrogens is 314 g/mol. The third-order valence-corrected chi connectivity index (χ3v) is 3.76. The second kappa shape index (κ2) is 8.06. The summed E-state index contributed by atoms with van der Waals surface area (Å²) in [6, 6.07) is 6.42. The average Bonchev–Trinajstić information content (AvgIpc) is 2.87. The first-order valence-corrected chi connectivity index (χ1v) is 7.84. The van der Waals surface area contributed by atoms with Gasteiger partial charge in [0.25, 0.3) is 5.91 Å². The van der Waals surface area contributed by atoms with E-state index in [4.69, 9.17) is 5.73 Å². The van der Waals surface area contributed by atoms with E-state index in [1.165, 1.54) is 11.8 Å². The lowest BCUT2D eigenvalue weighted by atomic mass is 10.1. The highest BCUT2D eigenvalue weighted by Gasteiger charge is 2.34. The van der Waals surface area contributed by atoms with Crippen molar-refractivity contribution in [2.75, 3.05) is 0 Å². The van der Waals surface area contributed by atoms with E-state index in [2.05, 4.69) is 18.2 Å². The first-order valence-electron chi connectivity index (χ1n) is 7.84. The molecule has 1 heterocycles. The van der Waals surface area contributed by atoms with E-state index >= 15 is 0 Å². The first kappa shape index (κ1) is 18.1. The molecule has 1 aliphatic heterocycles. The highest BCUT2D eigenvalue weighted by atomic mass is 16.2. The summed E-state index contributed by atoms with van der Waals surface area (Å²) in [5.41, 5.74) is 8.05. The number of allylic oxidation sites excluding steroid dienone is 4. The van der Waals surface area contributed by atoms with Gasteiger partial charge in [0.1, 0.15) is 0 Å². The normalized spacial score (nSPS) is 17.7. The Bertz CT molecular complexity index is 803. The van der Waals surface area contributed by atoms with Crippen LogP contribution < -0.4 is 5.73 Å². The van der Waals surface area contributed by atoms with Gasteiger partial charge >= 0.3 is 0 Å². The molecule has 1 aromatic carbocycles. The van der Waals surface area contributed by atoms with Crippen molar-refractivity contribution in [3.8, 4) is 0 Å². The molecule has 2 rings (SSSR count). The van der Waals surface area contributed by atoms with Crippen molar-refractivity contribution in [1.29, 1.82) is 0 Å². The second-order valence-corrected chi connectivity index (χ2v) is 5.57. The predicted octanol–water partition coefficient (Wildman–Crippen LogP) is 2.77. The molecule has 0 unspecified atom stereocenters. The Hall–Kier alpha value is -3.21. The summed E-state index contributed by atoms with van der Waals surface area (Å²) in [5.74, 6) is -0.0855. The number of carbonyl (C=O) groups excluding carboxylic acids is 2. The molecule has 5 heteroatoms. The molecule has 0 radical (unpaired) electrons. The zero-order valence-corrected chi connectivity index (χ0v) is 14.2. The van der Waals surface area contributed by atoms with Crippen LogP contribution in [0.3, 0.4) is 0 Å². The molecule has 5 nitrogen and oxygen atoms in total. The molecule has 1 amide bonds. The first-order chi connectivity index (χ1) is 12.0. The third-order valence-electron chi connectivity index (χ3n) is 3.76. The summed E-state index contributed by atoms with van der Waals surface area (Å²) in [7, 11) is 0. The number of aliphatic imine (C=N–C) groups is 1. The molecule has 25 heavy (non-hydrogen) atoms. The summed E-state index contributed by atoms with van der Waals surface area (Å²) < 4.78 is 0. The smallest absolute Gasteiger partial charge is 0.259 e. The van der Waals surface area contributed by atoms with Crippen LogP contribution in [0.15, 0.2) is 78.4 Å². The van der Waals surface area contributed by atoms with Gasteiger partial charge in [0.2, 0.25) is 0 Å². The maximum atomic E-state index is 12.7. The van der Waals surface area contributed by atoms with Crippen molar-refractivity contribution in [2.24, 2.45) is 10.7 Å². The molecule has 0 aliphatic carbocycles. The maximum Gasteiger partial charge on any atom is 0.259 e. The standard InChI is InChI=1S/C20H21N3O2/c1-4-6-10-16(8-5-2)18-19(25)23(20(21)22-18)13-15-9-7-11-17(12-15)14(3)24/h4-12,18H,1-2,13H2,3H3,(H2,21,22)/b10-6-,16-8+/t18-/m1/s1. The molecule has 0 aromatic heterocycles. The largest absolute Gasteiger partial charge is 0.369 e. The molecule has 128 valence electrons. The van der Waals surface area contributed by atoms with Gasteiger partial charge in [0.15, 0.2) is 17.8 Å². The minimum atomic E-state index is -0.704. The van der Waals surface area contributed by atoms with Gasteiger partial charge in [-0.05, 0) is 24.1 Å². The molecule has 1 atom stereocenters. The van der Waals surface area contributed by atoms with Crippen LogP contribution in [0.5, 0.6) is 0 Å². The summed E-state index contributed by atoms with van der Waals surface area (Å²) in [4.78, 5) is 30.0. The van der Waals surface area contributed by atoms with Crippen LogP contribution in [0.2, 0.25) is 0 Å². The summed E-state index contributed by atoms with van der Waals surface area (Å²) in [6.07, 6.45) is 8.43. The number of ketones is 1. The topological polar surface area (TPSA) is 75.8 Å². The van der Waals surface area contributed by atoms with Crippen LogP contribution in [0.4, 0.5) is 0 Å². The number of hydrogen-bond donors (Lipinski definition) is 1. The van der Waals surface area contributed by atoms with Crippen molar-refractivity contribution in [1.82, 2.24) is 4.90 Å². The number of benzene rings is 1. The zero-order valence-electron chi connectivity index (χ0n) is 14.2. The minimum absolute atomic E-state index is 0.0279. The molecule has 0 fully saturated rings. The van der Waals surface area contributed by atoms with Gasteiger partial charge in [-0.25, -0.2) is 4.99 Å². The molecule has 0 saturated carbocycles. The molecule has 0 spiro atoms. The Kier molecular flexibility index (Phi) is 5.84. The summed E-state index contributed by atoms with van der Waals surface area (Å²) >= 11 is 0. The predicted molar refractivity (Wildman–Crippen MR) is 100 cm³/mol. The molecule has 1 aromatic rings. The highest BCUT2D eigenvalue weighted by molar-refractivity contribution is 6.06. The number of rotatable bonds is 7. The number of nitrogens with two attached hydrogens (primary N) is 1. The Labute approximate surface area is 147 Å². The maximum absolute atomic E-state index is 12.7. The Morgan fingerprint density at radius 2 is 2.12 bits per heavy atom. The Balaban J connectivity index is 2.25. The minimum Gasteiger partial charge on any atom is -0.369 e. The van der Waals surface area contributed by atoms with Crippen LogP contribution in [0.25, 0.3) is 0 Å². The average molecular weight is 335 g/mol. The van der Waals surface area contributed by atoms with Gasteiger partial charge in [-0.3, -0.25) is 14.5 Å². The SMILES string of the molecule is C=C/C=C\C(=C/C=C)[C@H]1N=C(N)N(Cc2cccc(C(C)=O)c2)C1=O. The number of hydrogen-bond acceptors (Lipinski definition) is 4. The fourth-order valence-corrected chi connectivity index (χ4v) is 2.52. The fourth-order valence-electron chi connectivity index (χ4n) is 2.52. The number of nitrogens with zero attached hydrogens (tertiary/aromatic N) is 2. The second-order valence-electron chi connectivity index (χ2n) is 5.57. The van der Waals surface area contributed by atoms with E-state index in [1.807, 2.05) is 6.07 Å². The van der Waals surface area contributed by atoms with Gasteiger partial charge in [-0.2, -0.15) is 0 Å². The van der Waals surface area contributed by atoms with Crippen molar-refractivity contribution in [3.63, 3.8) is 0 Å². The van der Waals surface area contributed by atoms with Crippen molar-refractivity contribution in [2.45, 2.75) is 19.5 Å². The van der Waals surface area contributed by atoms with Crippen molar-refractivity contribution in [3.05, 3.63) is 84.5 Å². The van der Waals surface area contributed by atoms with Crippen LogP contribution in [0, 0.1) is 0 Å². The molecule has 0 saturated heterocycles. The Morgan fingerprint density at radius 1 is 1.36 bits per heavy atom. The van der Waals surface area contributed by atoms with Crippen molar-refractivity contribution < 1.29 is 9.59 Å². The number of carbonyl (C=O) groups is 2. The summed E-state index contributed by atoms with van der Waals surface area (Å²) in [6.45, 7) is 9.05.